The van der Waals surface area contributed by atoms with Gasteiger partial charge in [0.25, 0.3) is 5.92 Å². The second-order valence-corrected chi connectivity index (χ2v) is 5.07. The van der Waals surface area contributed by atoms with Gasteiger partial charge in [0.1, 0.15) is 11.6 Å². The summed E-state index contributed by atoms with van der Waals surface area (Å²) in [6.45, 7) is 1.79. The molecule has 6 heteroatoms. The summed E-state index contributed by atoms with van der Waals surface area (Å²) < 4.78 is 44.2. The van der Waals surface area contributed by atoms with E-state index in [9.17, 15) is 13.2 Å². The van der Waals surface area contributed by atoms with Crippen LogP contribution in [0.2, 0.25) is 0 Å². The van der Waals surface area contributed by atoms with Crippen molar-refractivity contribution >= 4 is 12.4 Å². The van der Waals surface area contributed by atoms with E-state index in [4.69, 9.17) is 4.74 Å². The Hall–Kier alpha value is -0.940. The lowest BCUT2D eigenvalue weighted by atomic mass is 9.90. The highest BCUT2D eigenvalue weighted by Crippen LogP contribution is 2.29. The van der Waals surface area contributed by atoms with E-state index in [-0.39, 0.29) is 29.9 Å². The van der Waals surface area contributed by atoms with Crippen LogP contribution in [0.3, 0.4) is 0 Å². The van der Waals surface area contributed by atoms with Crippen LogP contribution >= 0.6 is 12.4 Å². The second kappa shape index (κ2) is 7.18. The topological polar surface area (TPSA) is 21.3 Å². The minimum absolute atomic E-state index is 0. The molecule has 0 aliphatic carbocycles. The predicted molar refractivity (Wildman–Crippen MR) is 74.6 cm³/mol. The molecule has 1 aromatic carbocycles. The van der Waals surface area contributed by atoms with Gasteiger partial charge in [0, 0.05) is 13.0 Å². The number of benzene rings is 1. The van der Waals surface area contributed by atoms with E-state index < -0.39 is 12.5 Å². The molecule has 0 spiro atoms. The van der Waals surface area contributed by atoms with Crippen LogP contribution in [0.15, 0.2) is 18.2 Å². The van der Waals surface area contributed by atoms with Crippen molar-refractivity contribution in [3.05, 3.63) is 29.6 Å². The van der Waals surface area contributed by atoms with Gasteiger partial charge in [-0.2, -0.15) is 0 Å². The molecule has 0 amide bonds. The van der Waals surface area contributed by atoms with Crippen LogP contribution in [-0.2, 0) is 0 Å². The van der Waals surface area contributed by atoms with Crippen molar-refractivity contribution in [2.24, 2.45) is 0 Å². The fraction of sp³-hybridized carbons (Fsp3) is 0.571. The van der Waals surface area contributed by atoms with Crippen molar-refractivity contribution in [2.75, 3.05) is 19.7 Å². The third-order valence-electron chi connectivity index (χ3n) is 3.24. The molecule has 0 radical (unpaired) electrons. The number of piperidine rings is 1. The van der Waals surface area contributed by atoms with Crippen molar-refractivity contribution in [2.45, 2.75) is 31.6 Å². The third-order valence-corrected chi connectivity index (χ3v) is 3.24. The second-order valence-electron chi connectivity index (χ2n) is 5.07. The molecule has 0 unspecified atom stereocenters. The number of nitrogens with one attached hydrogen (secondary N) is 1. The summed E-state index contributed by atoms with van der Waals surface area (Å²) in [5.41, 5.74) is 0.650. The Morgan fingerprint density at radius 3 is 2.50 bits per heavy atom. The normalized spacial score (nSPS) is 16.6. The average molecular weight is 310 g/mol. The largest absolute Gasteiger partial charge is 0.487 e. The third kappa shape index (κ3) is 4.87. The number of hydrogen-bond donors (Lipinski definition) is 1. The van der Waals surface area contributed by atoms with Crippen LogP contribution in [0.5, 0.6) is 5.75 Å². The summed E-state index contributed by atoms with van der Waals surface area (Å²) in [4.78, 5) is 0. The van der Waals surface area contributed by atoms with Crippen LogP contribution < -0.4 is 10.1 Å². The van der Waals surface area contributed by atoms with Gasteiger partial charge in [-0.1, -0.05) is 6.07 Å². The number of hydrogen-bond acceptors (Lipinski definition) is 2. The molecule has 0 atom stereocenters. The van der Waals surface area contributed by atoms with Crippen LogP contribution in [0, 0.1) is 5.82 Å². The molecule has 1 aromatic rings. The molecule has 2 rings (SSSR count). The van der Waals surface area contributed by atoms with E-state index in [1.807, 2.05) is 0 Å². The lowest BCUT2D eigenvalue weighted by Gasteiger charge is -2.23. The average Bonchev–Trinajstić information content (AvgIpc) is 2.37. The highest BCUT2D eigenvalue weighted by molar-refractivity contribution is 5.85. The first kappa shape index (κ1) is 17.1. The first-order chi connectivity index (χ1) is 8.96. The van der Waals surface area contributed by atoms with E-state index in [2.05, 4.69) is 5.32 Å². The Kier molecular flexibility index (Phi) is 6.14. The van der Waals surface area contributed by atoms with Crippen LogP contribution in [-0.4, -0.2) is 25.6 Å². The van der Waals surface area contributed by atoms with Crippen molar-refractivity contribution < 1.29 is 17.9 Å². The van der Waals surface area contributed by atoms with Gasteiger partial charge in [0.2, 0.25) is 0 Å². The Morgan fingerprint density at radius 1 is 1.30 bits per heavy atom. The molecule has 0 saturated carbocycles. The van der Waals surface area contributed by atoms with Crippen molar-refractivity contribution in [1.29, 1.82) is 0 Å². The number of alkyl halides is 2. The molecule has 1 aliphatic heterocycles. The molecule has 1 fully saturated rings. The Labute approximate surface area is 123 Å². The fourth-order valence-corrected chi connectivity index (χ4v) is 2.27. The molecule has 1 heterocycles. The zero-order valence-electron chi connectivity index (χ0n) is 11.3. The van der Waals surface area contributed by atoms with Gasteiger partial charge in [-0.3, -0.25) is 0 Å². The summed E-state index contributed by atoms with van der Waals surface area (Å²) in [5, 5.41) is 3.22. The molecule has 114 valence electrons. The number of halogens is 4. The van der Waals surface area contributed by atoms with E-state index in [1.165, 1.54) is 6.07 Å². The Morgan fingerprint density at radius 2 is 1.95 bits per heavy atom. The van der Waals surface area contributed by atoms with Gasteiger partial charge in [-0.05, 0) is 43.5 Å². The first-order valence-corrected chi connectivity index (χ1v) is 6.46. The highest BCUT2D eigenvalue weighted by atomic mass is 35.5. The number of ether oxygens (including phenoxy) is 1. The standard InChI is InChI=1S/C14H18F3NO.ClH/c1-14(16,17)9-19-11-2-3-12(13(15)8-11)10-4-6-18-7-5-10;/h2-3,8,10,18H,4-7,9H2,1H3;1H. The van der Waals surface area contributed by atoms with Gasteiger partial charge < -0.3 is 10.1 Å². The molecule has 1 N–H and O–H groups in total. The van der Waals surface area contributed by atoms with Crippen LogP contribution in [0.1, 0.15) is 31.2 Å². The minimum atomic E-state index is -2.91. The van der Waals surface area contributed by atoms with E-state index in [1.54, 1.807) is 12.1 Å². The molecule has 1 saturated heterocycles. The zero-order chi connectivity index (χ0) is 13.9. The lowest BCUT2D eigenvalue weighted by molar-refractivity contribution is -0.0230. The monoisotopic (exact) mass is 309 g/mol. The summed E-state index contributed by atoms with van der Waals surface area (Å²) in [7, 11) is 0. The van der Waals surface area contributed by atoms with Crippen LogP contribution in [0.25, 0.3) is 0 Å². The molecule has 2 nitrogen and oxygen atoms in total. The number of rotatable bonds is 4. The smallest absolute Gasteiger partial charge is 0.278 e. The Balaban J connectivity index is 0.00000200. The summed E-state index contributed by atoms with van der Waals surface area (Å²) in [6, 6.07) is 4.41. The molecular weight excluding hydrogens is 291 g/mol. The van der Waals surface area contributed by atoms with Gasteiger partial charge in [-0.15, -0.1) is 12.4 Å². The van der Waals surface area contributed by atoms with Crippen LogP contribution in [0.4, 0.5) is 13.2 Å². The molecule has 0 bridgehead atoms. The van der Waals surface area contributed by atoms with Crippen molar-refractivity contribution in [1.82, 2.24) is 5.32 Å². The summed E-state index contributed by atoms with van der Waals surface area (Å²) in [5.74, 6) is -2.94. The molecular formula is C14H19ClF3NO. The maximum atomic E-state index is 14.0. The maximum absolute atomic E-state index is 14.0. The molecule has 20 heavy (non-hydrogen) atoms. The quantitative estimate of drug-likeness (QED) is 0.914. The SMILES string of the molecule is CC(F)(F)COc1ccc(C2CCNCC2)c(F)c1.Cl. The maximum Gasteiger partial charge on any atom is 0.278 e. The minimum Gasteiger partial charge on any atom is -0.487 e. The van der Waals surface area contributed by atoms with Crippen molar-refractivity contribution in [3.8, 4) is 5.75 Å². The first-order valence-electron chi connectivity index (χ1n) is 6.46. The Bertz CT molecular complexity index is 431. The van der Waals surface area contributed by atoms with Crippen molar-refractivity contribution in [3.63, 3.8) is 0 Å². The van der Waals surface area contributed by atoms with E-state index in [0.717, 1.165) is 32.9 Å². The van der Waals surface area contributed by atoms with E-state index in [0.29, 0.717) is 5.56 Å². The zero-order valence-corrected chi connectivity index (χ0v) is 12.1. The van der Waals surface area contributed by atoms with Gasteiger partial charge in [0.05, 0.1) is 0 Å². The van der Waals surface area contributed by atoms with Gasteiger partial charge >= 0.3 is 0 Å². The van der Waals surface area contributed by atoms with E-state index >= 15 is 0 Å². The van der Waals surface area contributed by atoms with Gasteiger partial charge in [0.15, 0.2) is 6.61 Å². The summed E-state index contributed by atoms with van der Waals surface area (Å²) >= 11 is 0. The highest BCUT2D eigenvalue weighted by Gasteiger charge is 2.23. The predicted octanol–water partition coefficient (Wildman–Crippen LogP) is 3.75. The molecule has 0 aromatic heterocycles. The van der Waals surface area contributed by atoms with Gasteiger partial charge in [-0.25, -0.2) is 13.2 Å². The fourth-order valence-electron chi connectivity index (χ4n) is 2.27. The molecule has 1 aliphatic rings. The summed E-state index contributed by atoms with van der Waals surface area (Å²) in [6.07, 6.45) is 1.79. The lowest BCUT2D eigenvalue weighted by Crippen LogP contribution is -2.27.